The zero-order valence-corrected chi connectivity index (χ0v) is 12.2. The maximum absolute atomic E-state index is 11.7. The molecule has 0 fully saturated rings. The second-order valence-corrected chi connectivity index (χ2v) is 5.20. The number of nitrogens with one attached hydrogen (secondary N) is 1. The van der Waals surface area contributed by atoms with Crippen LogP contribution in [0.3, 0.4) is 0 Å². The largest absolute Gasteiger partial charge is 0.367 e. The number of carbonyl (C=O) groups is 1. The SMILES string of the molecule is CC(C)C(CCN)Nc1ccc(C(=O)N(C)C)cn1. The first-order valence-electron chi connectivity index (χ1n) is 6.60. The highest BCUT2D eigenvalue weighted by molar-refractivity contribution is 5.93. The van der Waals surface area contributed by atoms with Crippen molar-refractivity contribution < 1.29 is 4.79 Å². The van der Waals surface area contributed by atoms with Crippen LogP contribution in [-0.4, -0.2) is 42.5 Å². The maximum Gasteiger partial charge on any atom is 0.254 e. The molecule has 1 heterocycles. The first-order valence-corrected chi connectivity index (χ1v) is 6.60. The van der Waals surface area contributed by atoms with E-state index in [1.54, 1.807) is 26.4 Å². The molecule has 0 saturated carbocycles. The van der Waals surface area contributed by atoms with Gasteiger partial charge in [-0.2, -0.15) is 0 Å². The predicted molar refractivity (Wildman–Crippen MR) is 78.2 cm³/mol. The maximum atomic E-state index is 11.7. The number of nitrogens with two attached hydrogens (primary N) is 1. The molecule has 0 aliphatic carbocycles. The summed E-state index contributed by atoms with van der Waals surface area (Å²) in [6, 6.07) is 3.92. The van der Waals surface area contributed by atoms with Gasteiger partial charge in [0.15, 0.2) is 0 Å². The lowest BCUT2D eigenvalue weighted by atomic mass is 10.0. The highest BCUT2D eigenvalue weighted by Crippen LogP contribution is 2.13. The van der Waals surface area contributed by atoms with Gasteiger partial charge in [-0.25, -0.2) is 4.98 Å². The van der Waals surface area contributed by atoms with Crippen LogP contribution >= 0.6 is 0 Å². The van der Waals surface area contributed by atoms with Crippen LogP contribution in [0.5, 0.6) is 0 Å². The van der Waals surface area contributed by atoms with E-state index in [0.29, 0.717) is 24.1 Å². The molecule has 0 aromatic carbocycles. The molecule has 3 N–H and O–H groups in total. The standard InChI is InChI=1S/C14H24N4O/c1-10(2)12(7-8-15)17-13-6-5-11(9-16-13)14(19)18(3)4/h5-6,9-10,12H,7-8,15H2,1-4H3,(H,16,17). The number of pyridine rings is 1. The van der Waals surface area contributed by atoms with Gasteiger partial charge in [0.05, 0.1) is 5.56 Å². The van der Waals surface area contributed by atoms with E-state index in [4.69, 9.17) is 5.73 Å². The van der Waals surface area contributed by atoms with Gasteiger partial charge in [0, 0.05) is 26.3 Å². The third-order valence-electron chi connectivity index (χ3n) is 3.03. The Labute approximate surface area is 115 Å². The van der Waals surface area contributed by atoms with Crippen LogP contribution in [-0.2, 0) is 0 Å². The molecule has 1 unspecified atom stereocenters. The van der Waals surface area contributed by atoms with E-state index in [9.17, 15) is 4.79 Å². The number of amides is 1. The molecule has 0 radical (unpaired) electrons. The van der Waals surface area contributed by atoms with Gasteiger partial charge in [-0.05, 0) is 31.0 Å². The lowest BCUT2D eigenvalue weighted by Gasteiger charge is -2.22. The molecule has 0 bridgehead atoms. The average Bonchev–Trinajstić information content (AvgIpc) is 2.38. The second kappa shape index (κ2) is 7.09. The van der Waals surface area contributed by atoms with Crippen molar-refractivity contribution >= 4 is 11.7 Å². The molecule has 106 valence electrons. The van der Waals surface area contributed by atoms with Crippen LogP contribution in [0.25, 0.3) is 0 Å². The normalized spacial score (nSPS) is 12.3. The first-order chi connectivity index (χ1) is 8.95. The molecule has 5 heteroatoms. The van der Waals surface area contributed by atoms with Crippen LogP contribution < -0.4 is 11.1 Å². The van der Waals surface area contributed by atoms with Gasteiger partial charge >= 0.3 is 0 Å². The van der Waals surface area contributed by atoms with E-state index >= 15 is 0 Å². The van der Waals surface area contributed by atoms with E-state index in [1.807, 2.05) is 6.07 Å². The van der Waals surface area contributed by atoms with Crippen LogP contribution in [0.15, 0.2) is 18.3 Å². The van der Waals surface area contributed by atoms with E-state index in [0.717, 1.165) is 12.2 Å². The molecule has 0 saturated heterocycles. The summed E-state index contributed by atoms with van der Waals surface area (Å²) in [7, 11) is 3.45. The predicted octanol–water partition coefficient (Wildman–Crippen LogP) is 1.57. The van der Waals surface area contributed by atoms with Crippen LogP contribution in [0.4, 0.5) is 5.82 Å². The molecule has 1 atom stereocenters. The number of hydrogen-bond donors (Lipinski definition) is 2. The fraction of sp³-hybridized carbons (Fsp3) is 0.571. The smallest absolute Gasteiger partial charge is 0.254 e. The summed E-state index contributed by atoms with van der Waals surface area (Å²) >= 11 is 0. The molecule has 0 aliphatic rings. The fourth-order valence-corrected chi connectivity index (χ4v) is 1.81. The Bertz CT molecular complexity index is 400. The van der Waals surface area contributed by atoms with Crippen molar-refractivity contribution in [3.63, 3.8) is 0 Å². The molecular formula is C14H24N4O. The lowest BCUT2D eigenvalue weighted by Crippen LogP contribution is -2.29. The topological polar surface area (TPSA) is 71.2 Å². The van der Waals surface area contributed by atoms with Crippen LogP contribution in [0.1, 0.15) is 30.6 Å². The molecule has 5 nitrogen and oxygen atoms in total. The van der Waals surface area contributed by atoms with Crippen LogP contribution in [0.2, 0.25) is 0 Å². The Morgan fingerprint density at radius 3 is 2.53 bits per heavy atom. The summed E-state index contributed by atoms with van der Waals surface area (Å²) in [6.45, 7) is 4.95. The zero-order chi connectivity index (χ0) is 14.4. The Hall–Kier alpha value is -1.62. The molecule has 0 spiro atoms. The van der Waals surface area contributed by atoms with Gasteiger partial charge in [-0.3, -0.25) is 4.79 Å². The van der Waals surface area contributed by atoms with Crippen molar-refractivity contribution in [2.45, 2.75) is 26.3 Å². The van der Waals surface area contributed by atoms with E-state index in [-0.39, 0.29) is 5.91 Å². The van der Waals surface area contributed by atoms with Crippen molar-refractivity contribution in [3.8, 4) is 0 Å². The van der Waals surface area contributed by atoms with E-state index in [1.165, 1.54) is 4.90 Å². The zero-order valence-electron chi connectivity index (χ0n) is 12.2. The summed E-state index contributed by atoms with van der Waals surface area (Å²) in [6.07, 6.45) is 2.50. The molecule has 1 aromatic rings. The Kier molecular flexibility index (Phi) is 5.76. The van der Waals surface area contributed by atoms with Gasteiger partial charge in [-0.1, -0.05) is 13.8 Å². The molecule has 1 amide bonds. The highest BCUT2D eigenvalue weighted by atomic mass is 16.2. The van der Waals surface area contributed by atoms with Crippen molar-refractivity contribution in [2.24, 2.45) is 11.7 Å². The minimum absolute atomic E-state index is 0.0404. The summed E-state index contributed by atoms with van der Waals surface area (Å²) in [4.78, 5) is 17.6. The molecule has 0 aliphatic heterocycles. The number of anilines is 1. The molecule has 1 rings (SSSR count). The summed E-state index contributed by atoms with van der Waals surface area (Å²) in [5, 5.41) is 3.36. The number of aromatic nitrogens is 1. The Morgan fingerprint density at radius 2 is 2.11 bits per heavy atom. The van der Waals surface area contributed by atoms with Gasteiger partial charge < -0.3 is 16.0 Å². The number of hydrogen-bond acceptors (Lipinski definition) is 4. The van der Waals surface area contributed by atoms with Crippen molar-refractivity contribution in [1.82, 2.24) is 9.88 Å². The minimum atomic E-state index is -0.0404. The first kappa shape index (κ1) is 15.4. The molecule has 19 heavy (non-hydrogen) atoms. The quantitative estimate of drug-likeness (QED) is 0.818. The Balaban J connectivity index is 2.73. The van der Waals surface area contributed by atoms with E-state index < -0.39 is 0 Å². The lowest BCUT2D eigenvalue weighted by molar-refractivity contribution is 0.0827. The third kappa shape index (κ3) is 4.52. The number of rotatable bonds is 6. The van der Waals surface area contributed by atoms with Crippen molar-refractivity contribution in [2.75, 3.05) is 26.0 Å². The van der Waals surface area contributed by atoms with Gasteiger partial charge in [0.25, 0.3) is 5.91 Å². The fourth-order valence-electron chi connectivity index (χ4n) is 1.81. The van der Waals surface area contributed by atoms with Gasteiger partial charge in [0.1, 0.15) is 5.82 Å². The van der Waals surface area contributed by atoms with E-state index in [2.05, 4.69) is 24.1 Å². The number of nitrogens with zero attached hydrogens (tertiary/aromatic N) is 2. The van der Waals surface area contributed by atoms with Gasteiger partial charge in [0.2, 0.25) is 0 Å². The van der Waals surface area contributed by atoms with Crippen molar-refractivity contribution in [3.05, 3.63) is 23.9 Å². The highest BCUT2D eigenvalue weighted by Gasteiger charge is 2.13. The summed E-state index contributed by atoms with van der Waals surface area (Å²) < 4.78 is 0. The van der Waals surface area contributed by atoms with Crippen molar-refractivity contribution in [1.29, 1.82) is 0 Å². The van der Waals surface area contributed by atoms with Gasteiger partial charge in [-0.15, -0.1) is 0 Å². The monoisotopic (exact) mass is 264 g/mol. The molecule has 1 aromatic heterocycles. The Morgan fingerprint density at radius 1 is 1.42 bits per heavy atom. The molecular weight excluding hydrogens is 240 g/mol. The number of carbonyl (C=O) groups excluding carboxylic acids is 1. The summed E-state index contributed by atoms with van der Waals surface area (Å²) in [5.41, 5.74) is 6.20. The summed E-state index contributed by atoms with van der Waals surface area (Å²) in [5.74, 6) is 1.22. The third-order valence-corrected chi connectivity index (χ3v) is 3.03. The average molecular weight is 264 g/mol. The second-order valence-electron chi connectivity index (χ2n) is 5.20. The minimum Gasteiger partial charge on any atom is -0.367 e. The van der Waals surface area contributed by atoms with Crippen LogP contribution in [0, 0.1) is 5.92 Å².